The van der Waals surface area contributed by atoms with Crippen molar-refractivity contribution in [3.05, 3.63) is 28.7 Å². The Labute approximate surface area is 104 Å². The van der Waals surface area contributed by atoms with Crippen molar-refractivity contribution in [1.29, 1.82) is 0 Å². The van der Waals surface area contributed by atoms with E-state index in [1.54, 1.807) is 0 Å². The van der Waals surface area contributed by atoms with Crippen LogP contribution in [0, 0.1) is 0 Å². The van der Waals surface area contributed by atoms with Crippen LogP contribution >= 0.6 is 0 Å². The molecule has 1 aromatic rings. The summed E-state index contributed by atoms with van der Waals surface area (Å²) >= 11 is 0. The number of carbonyl (C=O) groups is 1. The second kappa shape index (κ2) is 5.67. The molecule has 100 valence electrons. The molecule has 2 N–H and O–H groups in total. The van der Waals surface area contributed by atoms with Gasteiger partial charge in [0.2, 0.25) is 15.6 Å². The number of aryl methyl sites for hydroxylation is 1. The zero-order valence-electron chi connectivity index (χ0n) is 9.79. The van der Waals surface area contributed by atoms with Gasteiger partial charge in [-0.05, 0) is 12.5 Å². The van der Waals surface area contributed by atoms with Gasteiger partial charge in [-0.15, -0.1) is 0 Å². The summed E-state index contributed by atoms with van der Waals surface area (Å²) in [5.41, 5.74) is 0.0243. The number of anilines is 1. The number of carboxylic acid groups (broad SMARTS) is 1. The molecule has 0 aromatic carbocycles. The van der Waals surface area contributed by atoms with Gasteiger partial charge in [-0.3, -0.25) is 14.3 Å². The molecule has 0 aliphatic rings. The van der Waals surface area contributed by atoms with Crippen LogP contribution in [-0.2, 0) is 21.9 Å². The van der Waals surface area contributed by atoms with Crippen LogP contribution < -0.4 is 10.3 Å². The fourth-order valence-electron chi connectivity index (χ4n) is 1.30. The van der Waals surface area contributed by atoms with Crippen molar-refractivity contribution in [2.75, 3.05) is 10.5 Å². The smallest absolute Gasteiger partial charge is 0.303 e. The van der Waals surface area contributed by atoms with Crippen molar-refractivity contribution in [3.63, 3.8) is 0 Å². The van der Waals surface area contributed by atoms with E-state index in [0.29, 0.717) is 0 Å². The first-order valence-corrected chi connectivity index (χ1v) is 6.84. The minimum absolute atomic E-state index is 0.0381. The van der Waals surface area contributed by atoms with Crippen LogP contribution in [0.15, 0.2) is 23.1 Å². The van der Waals surface area contributed by atoms with Crippen molar-refractivity contribution in [2.45, 2.75) is 12.8 Å². The zero-order chi connectivity index (χ0) is 13.8. The molecular weight excluding hydrogens is 260 g/mol. The summed E-state index contributed by atoms with van der Waals surface area (Å²) in [6.45, 7) is 0. The Bertz CT molecular complexity index is 591. The fraction of sp³-hybridized carbons (Fsp3) is 0.400. The Morgan fingerprint density at radius 1 is 1.44 bits per heavy atom. The first-order valence-electron chi connectivity index (χ1n) is 5.19. The van der Waals surface area contributed by atoms with Crippen LogP contribution in [0.2, 0.25) is 0 Å². The predicted octanol–water partition coefficient (Wildman–Crippen LogP) is -0.00820. The van der Waals surface area contributed by atoms with Crippen molar-refractivity contribution in [1.82, 2.24) is 4.57 Å². The molecule has 0 saturated carbocycles. The quantitative estimate of drug-likeness (QED) is 0.759. The number of sulfonamides is 1. The summed E-state index contributed by atoms with van der Waals surface area (Å²) in [6, 6.07) is 2.60. The first-order chi connectivity index (χ1) is 8.30. The Morgan fingerprint density at radius 3 is 2.67 bits per heavy atom. The second-order valence-electron chi connectivity index (χ2n) is 3.79. The molecule has 0 bridgehead atoms. The average Bonchev–Trinajstić information content (AvgIpc) is 2.22. The third kappa shape index (κ3) is 4.58. The molecule has 8 heteroatoms. The van der Waals surface area contributed by atoms with Crippen LogP contribution in [0.25, 0.3) is 0 Å². The minimum Gasteiger partial charge on any atom is -0.481 e. The monoisotopic (exact) mass is 274 g/mol. The van der Waals surface area contributed by atoms with Crippen molar-refractivity contribution in [2.24, 2.45) is 7.05 Å². The lowest BCUT2D eigenvalue weighted by molar-refractivity contribution is -0.137. The predicted molar refractivity (Wildman–Crippen MR) is 66.0 cm³/mol. The molecule has 0 spiro atoms. The maximum absolute atomic E-state index is 11.6. The van der Waals surface area contributed by atoms with E-state index in [1.807, 2.05) is 0 Å². The minimum atomic E-state index is -3.59. The van der Waals surface area contributed by atoms with Gasteiger partial charge in [0, 0.05) is 25.7 Å². The van der Waals surface area contributed by atoms with Crippen LogP contribution in [0.3, 0.4) is 0 Å². The number of pyridine rings is 1. The summed E-state index contributed by atoms with van der Waals surface area (Å²) in [7, 11) is -2.08. The number of hydrogen-bond acceptors (Lipinski definition) is 4. The van der Waals surface area contributed by atoms with Crippen LogP contribution in [0.5, 0.6) is 0 Å². The summed E-state index contributed by atoms with van der Waals surface area (Å²) in [6.07, 6.45) is 1.20. The Balaban J connectivity index is 2.67. The van der Waals surface area contributed by atoms with Gasteiger partial charge in [-0.1, -0.05) is 0 Å². The first kappa shape index (κ1) is 14.2. The van der Waals surface area contributed by atoms with E-state index < -0.39 is 16.0 Å². The van der Waals surface area contributed by atoms with Gasteiger partial charge in [-0.25, -0.2) is 8.42 Å². The van der Waals surface area contributed by atoms with Gasteiger partial charge in [0.1, 0.15) is 0 Å². The van der Waals surface area contributed by atoms with E-state index in [9.17, 15) is 18.0 Å². The fourth-order valence-corrected chi connectivity index (χ4v) is 2.40. The average molecular weight is 274 g/mol. The molecule has 0 aliphatic carbocycles. The van der Waals surface area contributed by atoms with E-state index in [-0.39, 0.29) is 29.8 Å². The Morgan fingerprint density at radius 2 is 2.11 bits per heavy atom. The molecule has 0 amide bonds. The lowest BCUT2D eigenvalue weighted by Gasteiger charge is -2.08. The molecule has 1 rings (SSSR count). The number of nitrogens with zero attached hydrogens (tertiary/aromatic N) is 1. The van der Waals surface area contributed by atoms with E-state index in [2.05, 4.69) is 4.72 Å². The summed E-state index contributed by atoms with van der Waals surface area (Å²) < 4.78 is 26.7. The normalized spacial score (nSPS) is 11.2. The number of aliphatic carboxylic acids is 1. The van der Waals surface area contributed by atoms with E-state index in [0.717, 1.165) is 0 Å². The van der Waals surface area contributed by atoms with Gasteiger partial charge >= 0.3 is 5.97 Å². The molecule has 18 heavy (non-hydrogen) atoms. The standard InChI is InChI=1S/C10H14N2O5S/c1-12-7-8(4-5-9(12)13)11-18(16,17)6-2-3-10(14)15/h4-5,7,11H,2-3,6H2,1H3,(H,14,15). The third-order valence-corrected chi connectivity index (χ3v) is 3.54. The Hall–Kier alpha value is -1.83. The lowest BCUT2D eigenvalue weighted by Crippen LogP contribution is -2.20. The number of carboxylic acids is 1. The molecule has 1 aromatic heterocycles. The zero-order valence-corrected chi connectivity index (χ0v) is 10.6. The largest absolute Gasteiger partial charge is 0.481 e. The van der Waals surface area contributed by atoms with E-state index in [4.69, 9.17) is 5.11 Å². The van der Waals surface area contributed by atoms with Crippen molar-refractivity contribution < 1.29 is 18.3 Å². The van der Waals surface area contributed by atoms with Gasteiger partial charge in [0.15, 0.2) is 0 Å². The molecule has 0 fully saturated rings. The summed E-state index contributed by atoms with van der Waals surface area (Å²) in [5.74, 6) is -1.31. The number of nitrogens with one attached hydrogen (secondary N) is 1. The maximum atomic E-state index is 11.6. The van der Waals surface area contributed by atoms with Gasteiger partial charge < -0.3 is 9.67 Å². The van der Waals surface area contributed by atoms with Gasteiger partial charge in [0.25, 0.3) is 0 Å². The molecule has 1 heterocycles. The SMILES string of the molecule is Cn1cc(NS(=O)(=O)CCCC(=O)O)ccc1=O. The van der Waals surface area contributed by atoms with Crippen molar-refractivity contribution in [3.8, 4) is 0 Å². The van der Waals surface area contributed by atoms with E-state index in [1.165, 1.54) is 29.9 Å². The number of aromatic nitrogens is 1. The molecule has 0 atom stereocenters. The van der Waals surface area contributed by atoms with Crippen molar-refractivity contribution >= 4 is 21.7 Å². The summed E-state index contributed by atoms with van der Waals surface area (Å²) in [4.78, 5) is 21.4. The van der Waals surface area contributed by atoms with E-state index >= 15 is 0 Å². The molecule has 0 radical (unpaired) electrons. The lowest BCUT2D eigenvalue weighted by atomic mass is 10.3. The Kier molecular flexibility index (Phi) is 4.49. The van der Waals surface area contributed by atoms with Gasteiger partial charge in [-0.2, -0.15) is 0 Å². The molecular formula is C10H14N2O5S. The van der Waals surface area contributed by atoms with Crippen LogP contribution in [0.1, 0.15) is 12.8 Å². The summed E-state index contributed by atoms with van der Waals surface area (Å²) in [5, 5.41) is 8.41. The van der Waals surface area contributed by atoms with Gasteiger partial charge in [0.05, 0.1) is 11.4 Å². The molecule has 0 aliphatic heterocycles. The highest BCUT2D eigenvalue weighted by atomic mass is 32.2. The topological polar surface area (TPSA) is 105 Å². The number of rotatable bonds is 6. The third-order valence-electron chi connectivity index (χ3n) is 2.16. The highest BCUT2D eigenvalue weighted by Crippen LogP contribution is 2.07. The van der Waals surface area contributed by atoms with Crippen LogP contribution in [-0.4, -0.2) is 29.8 Å². The van der Waals surface area contributed by atoms with Crippen LogP contribution in [0.4, 0.5) is 5.69 Å². The molecule has 7 nitrogen and oxygen atoms in total. The molecule has 0 unspecified atom stereocenters. The maximum Gasteiger partial charge on any atom is 0.303 e. The highest BCUT2D eigenvalue weighted by molar-refractivity contribution is 7.92. The number of hydrogen-bond donors (Lipinski definition) is 2. The highest BCUT2D eigenvalue weighted by Gasteiger charge is 2.11. The second-order valence-corrected chi connectivity index (χ2v) is 5.63. The molecule has 0 saturated heterocycles.